The van der Waals surface area contributed by atoms with Gasteiger partial charge in [0.1, 0.15) is 16.1 Å². The van der Waals surface area contributed by atoms with Gasteiger partial charge in [0.15, 0.2) is 0 Å². The van der Waals surface area contributed by atoms with Crippen molar-refractivity contribution in [2.75, 3.05) is 26.8 Å². The van der Waals surface area contributed by atoms with Gasteiger partial charge in [-0.1, -0.05) is 23.7 Å². The van der Waals surface area contributed by atoms with Gasteiger partial charge in [0, 0.05) is 36.2 Å². The first-order valence-electron chi connectivity index (χ1n) is 7.68. The second kappa shape index (κ2) is 7.11. The highest BCUT2D eigenvalue weighted by Gasteiger charge is 2.46. The van der Waals surface area contributed by atoms with Gasteiger partial charge >= 0.3 is 5.97 Å². The number of carbonyl (C=O) groups is 2. The zero-order chi connectivity index (χ0) is 18.0. The van der Waals surface area contributed by atoms with Crippen molar-refractivity contribution in [2.45, 2.75) is 6.42 Å². The number of likely N-dealkylation sites (tertiary alicyclic amines) is 1. The van der Waals surface area contributed by atoms with E-state index in [1.54, 1.807) is 17.5 Å². The van der Waals surface area contributed by atoms with Crippen molar-refractivity contribution in [1.82, 2.24) is 9.88 Å². The summed E-state index contributed by atoms with van der Waals surface area (Å²) in [5.41, 5.74) is 0.117. The molecule has 1 saturated heterocycles. The fourth-order valence-electron chi connectivity index (χ4n) is 2.96. The molecule has 1 atom stereocenters. The highest BCUT2D eigenvalue weighted by atomic mass is 35.5. The molecule has 1 amide bonds. The number of hydrogen-bond donors (Lipinski definition) is 1. The minimum absolute atomic E-state index is 0.0803. The Kier molecular flexibility index (Phi) is 5.08. The van der Waals surface area contributed by atoms with E-state index in [1.807, 2.05) is 12.1 Å². The van der Waals surface area contributed by atoms with Gasteiger partial charge in [-0.25, -0.2) is 4.98 Å². The van der Waals surface area contributed by atoms with Crippen LogP contribution in [0.25, 0.3) is 10.6 Å². The van der Waals surface area contributed by atoms with Gasteiger partial charge in [-0.2, -0.15) is 0 Å². The summed E-state index contributed by atoms with van der Waals surface area (Å²) in [6.07, 6.45) is 0.368. The number of aromatic nitrogens is 1. The third-order valence-corrected chi connectivity index (χ3v) is 5.44. The number of benzene rings is 1. The molecule has 1 fully saturated rings. The van der Waals surface area contributed by atoms with Gasteiger partial charge in [0.25, 0.3) is 5.91 Å². The molecule has 0 bridgehead atoms. The first kappa shape index (κ1) is 17.8. The third kappa shape index (κ3) is 3.53. The number of carboxylic acid groups (broad SMARTS) is 1. The molecule has 0 spiro atoms. The van der Waals surface area contributed by atoms with Crippen LogP contribution in [-0.4, -0.2) is 53.7 Å². The van der Waals surface area contributed by atoms with Gasteiger partial charge in [-0.05, 0) is 18.6 Å². The number of ether oxygens (including phenoxy) is 1. The molecule has 1 aliphatic rings. The lowest BCUT2D eigenvalue weighted by molar-refractivity contribution is -0.151. The molecule has 1 aromatic carbocycles. The average Bonchev–Trinajstić information content (AvgIpc) is 3.23. The molecule has 1 unspecified atom stereocenters. The number of carboxylic acids is 1. The van der Waals surface area contributed by atoms with Crippen molar-refractivity contribution in [3.05, 3.63) is 40.4 Å². The van der Waals surface area contributed by atoms with Crippen LogP contribution in [0.4, 0.5) is 0 Å². The van der Waals surface area contributed by atoms with Crippen LogP contribution in [0.5, 0.6) is 0 Å². The summed E-state index contributed by atoms with van der Waals surface area (Å²) in [6.45, 7) is 0.578. The Bertz CT molecular complexity index is 809. The molecule has 3 rings (SSSR count). The Labute approximate surface area is 154 Å². The van der Waals surface area contributed by atoms with Crippen molar-refractivity contribution in [2.24, 2.45) is 5.41 Å². The molecule has 6 nitrogen and oxygen atoms in total. The van der Waals surface area contributed by atoms with Gasteiger partial charge in [0.05, 0.1) is 6.61 Å². The SMILES string of the molecule is COCC1(C(=O)O)CCN(C(=O)c2csc(-c3cccc(Cl)c3)n2)C1. The number of nitrogens with zero attached hydrogens (tertiary/aromatic N) is 2. The van der Waals surface area contributed by atoms with E-state index in [1.165, 1.54) is 23.3 Å². The van der Waals surface area contributed by atoms with E-state index < -0.39 is 11.4 Å². The maximum Gasteiger partial charge on any atom is 0.313 e. The molecular weight excluding hydrogens is 364 g/mol. The van der Waals surface area contributed by atoms with Crippen LogP contribution in [0.1, 0.15) is 16.9 Å². The van der Waals surface area contributed by atoms with Gasteiger partial charge < -0.3 is 14.7 Å². The third-order valence-electron chi connectivity index (χ3n) is 4.31. The molecule has 132 valence electrons. The van der Waals surface area contributed by atoms with Gasteiger partial charge in [-0.3, -0.25) is 9.59 Å². The number of hydrogen-bond acceptors (Lipinski definition) is 5. The van der Waals surface area contributed by atoms with E-state index in [4.69, 9.17) is 16.3 Å². The van der Waals surface area contributed by atoms with E-state index in [-0.39, 0.29) is 19.1 Å². The molecule has 1 aliphatic heterocycles. The van der Waals surface area contributed by atoms with Crippen LogP contribution in [0.2, 0.25) is 5.02 Å². The van der Waals surface area contributed by atoms with Gasteiger partial charge in [0.2, 0.25) is 0 Å². The summed E-state index contributed by atoms with van der Waals surface area (Å²) in [5.74, 6) is -1.20. The van der Waals surface area contributed by atoms with Crippen LogP contribution < -0.4 is 0 Å². The molecule has 0 saturated carbocycles. The predicted molar refractivity (Wildman–Crippen MR) is 95.0 cm³/mol. The van der Waals surface area contributed by atoms with Crippen molar-refractivity contribution in [3.8, 4) is 10.6 Å². The van der Waals surface area contributed by atoms with E-state index in [0.29, 0.717) is 28.7 Å². The number of carbonyl (C=O) groups excluding carboxylic acids is 1. The standard InChI is InChI=1S/C17H17ClN2O4S/c1-24-10-17(16(22)23)5-6-20(9-17)15(21)13-8-25-14(19-13)11-3-2-4-12(18)7-11/h2-4,7-8H,5-6,9-10H2,1H3,(H,22,23). The molecule has 25 heavy (non-hydrogen) atoms. The average molecular weight is 381 g/mol. The molecular formula is C17H17ClN2O4S. The number of aliphatic carboxylic acids is 1. The topological polar surface area (TPSA) is 79.7 Å². The highest BCUT2D eigenvalue weighted by molar-refractivity contribution is 7.13. The predicted octanol–water partition coefficient (Wildman–Crippen LogP) is 3.03. The minimum atomic E-state index is -1.05. The van der Waals surface area contributed by atoms with E-state index in [0.717, 1.165) is 5.56 Å². The van der Waals surface area contributed by atoms with Crippen LogP contribution in [0, 0.1) is 5.41 Å². The summed E-state index contributed by atoms with van der Waals surface area (Å²) in [4.78, 5) is 30.2. The van der Waals surface area contributed by atoms with Crippen LogP contribution in [-0.2, 0) is 9.53 Å². The van der Waals surface area contributed by atoms with E-state index >= 15 is 0 Å². The van der Waals surface area contributed by atoms with E-state index in [9.17, 15) is 14.7 Å². The first-order valence-corrected chi connectivity index (χ1v) is 8.94. The lowest BCUT2D eigenvalue weighted by Crippen LogP contribution is -2.40. The summed E-state index contributed by atoms with van der Waals surface area (Å²) >= 11 is 7.35. The van der Waals surface area contributed by atoms with Crippen molar-refractivity contribution < 1.29 is 19.4 Å². The second-order valence-electron chi connectivity index (χ2n) is 6.04. The zero-order valence-electron chi connectivity index (χ0n) is 13.6. The van der Waals surface area contributed by atoms with Crippen LogP contribution in [0.15, 0.2) is 29.6 Å². The van der Waals surface area contributed by atoms with E-state index in [2.05, 4.69) is 4.98 Å². The van der Waals surface area contributed by atoms with Crippen molar-refractivity contribution in [1.29, 1.82) is 0 Å². The number of thiazole rings is 1. The second-order valence-corrected chi connectivity index (χ2v) is 7.34. The van der Waals surface area contributed by atoms with Crippen LogP contribution in [0.3, 0.4) is 0 Å². The van der Waals surface area contributed by atoms with Crippen molar-refractivity contribution in [3.63, 3.8) is 0 Å². The molecule has 2 heterocycles. The quantitative estimate of drug-likeness (QED) is 0.862. The Morgan fingerprint density at radius 1 is 1.48 bits per heavy atom. The summed E-state index contributed by atoms with van der Waals surface area (Å²) in [5, 5.41) is 12.5. The molecule has 8 heteroatoms. The fraction of sp³-hybridized carbons (Fsp3) is 0.353. The first-order chi connectivity index (χ1) is 11.9. The van der Waals surface area contributed by atoms with Gasteiger partial charge in [-0.15, -0.1) is 11.3 Å². The van der Waals surface area contributed by atoms with Crippen LogP contribution >= 0.6 is 22.9 Å². The maximum absolute atomic E-state index is 12.7. The Morgan fingerprint density at radius 3 is 2.96 bits per heavy atom. The lowest BCUT2D eigenvalue weighted by atomic mass is 9.88. The Morgan fingerprint density at radius 2 is 2.28 bits per heavy atom. The van der Waals surface area contributed by atoms with Crippen molar-refractivity contribution >= 4 is 34.8 Å². The molecule has 0 aliphatic carbocycles. The molecule has 0 radical (unpaired) electrons. The summed E-state index contributed by atoms with van der Waals surface area (Å²) in [6, 6.07) is 7.27. The maximum atomic E-state index is 12.7. The Hall–Kier alpha value is -1.96. The lowest BCUT2D eigenvalue weighted by Gasteiger charge is -2.23. The smallest absolute Gasteiger partial charge is 0.313 e. The Balaban J connectivity index is 1.77. The number of rotatable bonds is 5. The number of amides is 1. The monoisotopic (exact) mass is 380 g/mol. The highest BCUT2D eigenvalue weighted by Crippen LogP contribution is 2.33. The summed E-state index contributed by atoms with van der Waals surface area (Å²) < 4.78 is 5.05. The number of methoxy groups -OCH3 is 1. The normalized spacial score (nSPS) is 20.0. The zero-order valence-corrected chi connectivity index (χ0v) is 15.1. The number of halogens is 1. The largest absolute Gasteiger partial charge is 0.481 e. The molecule has 1 N–H and O–H groups in total. The fourth-order valence-corrected chi connectivity index (χ4v) is 3.95. The minimum Gasteiger partial charge on any atom is -0.481 e. The summed E-state index contributed by atoms with van der Waals surface area (Å²) in [7, 11) is 1.47. The molecule has 2 aromatic rings. The molecule has 1 aromatic heterocycles.